The first kappa shape index (κ1) is 27.4. The minimum atomic E-state index is -3.62. The molecule has 5 rings (SSSR count). The predicted octanol–water partition coefficient (Wildman–Crippen LogP) is 5.06. The van der Waals surface area contributed by atoms with Crippen LogP contribution in [0, 0.1) is 6.92 Å². The molecule has 1 unspecified atom stereocenters. The second-order valence-corrected chi connectivity index (χ2v) is 13.9. The van der Waals surface area contributed by atoms with Gasteiger partial charge in [0.05, 0.1) is 5.69 Å². The Bertz CT molecular complexity index is 1530. The highest BCUT2D eigenvalue weighted by Crippen LogP contribution is 2.39. The van der Waals surface area contributed by atoms with Gasteiger partial charge in [0.1, 0.15) is 11.4 Å². The molecule has 0 N–H and O–H groups in total. The molecule has 1 saturated heterocycles. The number of carbonyl (C=O) groups is 1. The number of hydrogen-bond acceptors (Lipinski definition) is 7. The van der Waals surface area contributed by atoms with Crippen molar-refractivity contribution in [1.29, 1.82) is 0 Å². The van der Waals surface area contributed by atoms with E-state index in [0.717, 1.165) is 30.4 Å². The Hall–Kier alpha value is -3.20. The van der Waals surface area contributed by atoms with Crippen LogP contribution in [0.3, 0.4) is 0 Å². The molecule has 3 aromatic rings. The zero-order valence-electron chi connectivity index (χ0n) is 23.7. The highest BCUT2D eigenvalue weighted by Gasteiger charge is 2.35. The molecule has 1 aliphatic carbocycles. The molecule has 1 amide bonds. The number of sulfone groups is 1. The number of rotatable bonds is 3. The summed E-state index contributed by atoms with van der Waals surface area (Å²) in [5.74, 6) is 0.920. The van der Waals surface area contributed by atoms with Crippen molar-refractivity contribution in [3.63, 3.8) is 0 Å². The quantitative estimate of drug-likeness (QED) is 0.421. The number of anilines is 1. The maximum absolute atomic E-state index is 12.7. The van der Waals surface area contributed by atoms with Crippen LogP contribution < -0.4 is 4.90 Å². The number of hydrogen-bond donors (Lipinski definition) is 0. The van der Waals surface area contributed by atoms with Crippen molar-refractivity contribution in [2.75, 3.05) is 30.8 Å². The van der Waals surface area contributed by atoms with Crippen LogP contribution in [0.1, 0.15) is 62.4 Å². The van der Waals surface area contributed by atoms with Gasteiger partial charge in [0.15, 0.2) is 0 Å². The van der Waals surface area contributed by atoms with Gasteiger partial charge < -0.3 is 14.5 Å². The maximum Gasteiger partial charge on any atom is 0.410 e. The summed E-state index contributed by atoms with van der Waals surface area (Å²) < 4.78 is 30.9. The molecule has 0 saturated carbocycles. The first-order valence-electron chi connectivity index (χ1n) is 13.6. The summed E-state index contributed by atoms with van der Waals surface area (Å²) in [5.41, 5.74) is 3.77. The first-order valence-corrected chi connectivity index (χ1v) is 15.5. The van der Waals surface area contributed by atoms with E-state index in [0.29, 0.717) is 31.9 Å². The van der Waals surface area contributed by atoms with Crippen LogP contribution in [0.15, 0.2) is 41.6 Å². The van der Waals surface area contributed by atoms with Gasteiger partial charge in [-0.25, -0.2) is 23.2 Å². The number of aromatic nitrogens is 2. The lowest BCUT2D eigenvalue weighted by atomic mass is 9.80. The predicted molar refractivity (Wildman–Crippen MR) is 153 cm³/mol. The van der Waals surface area contributed by atoms with Crippen LogP contribution in [-0.2, 0) is 27.4 Å². The molecule has 208 valence electrons. The van der Waals surface area contributed by atoms with Gasteiger partial charge in [0, 0.05) is 37.5 Å². The topological polar surface area (TPSA) is 92.7 Å². The third-order valence-electron chi connectivity index (χ3n) is 7.59. The molecule has 9 heteroatoms. The molecule has 1 fully saturated rings. The van der Waals surface area contributed by atoms with Gasteiger partial charge in [-0.3, -0.25) is 0 Å². The molecule has 0 spiro atoms. The number of piperazine rings is 1. The third-order valence-corrected chi connectivity index (χ3v) is 8.44. The monoisotopic (exact) mass is 550 g/mol. The fraction of sp³-hybridized carbons (Fsp3) is 0.500. The number of benzene rings is 2. The van der Waals surface area contributed by atoms with Crippen molar-refractivity contribution in [2.24, 2.45) is 0 Å². The molecule has 2 aliphatic rings. The van der Waals surface area contributed by atoms with Crippen molar-refractivity contribution >= 4 is 32.5 Å². The molecule has 39 heavy (non-hydrogen) atoms. The minimum absolute atomic E-state index is 0.0591. The largest absolute Gasteiger partial charge is 0.444 e. The molecule has 1 aliphatic heterocycles. The summed E-state index contributed by atoms with van der Waals surface area (Å²) in [5, 5.41) is 2.32. The summed E-state index contributed by atoms with van der Waals surface area (Å²) in [6.07, 6.45) is 3.19. The van der Waals surface area contributed by atoms with Gasteiger partial charge in [0.2, 0.25) is 15.0 Å². The summed E-state index contributed by atoms with van der Waals surface area (Å²) in [6.45, 7) is 11.2. The number of nitrogens with zero attached hydrogens (tertiary/aromatic N) is 4. The lowest BCUT2D eigenvalue weighted by Crippen LogP contribution is -2.55. The fourth-order valence-electron chi connectivity index (χ4n) is 5.84. The van der Waals surface area contributed by atoms with Crippen LogP contribution in [0.25, 0.3) is 10.8 Å². The highest BCUT2D eigenvalue weighted by atomic mass is 32.2. The van der Waals surface area contributed by atoms with Crippen LogP contribution in [-0.4, -0.2) is 66.9 Å². The lowest BCUT2D eigenvalue weighted by molar-refractivity contribution is 0.0218. The maximum atomic E-state index is 12.7. The van der Waals surface area contributed by atoms with E-state index in [9.17, 15) is 13.2 Å². The van der Waals surface area contributed by atoms with E-state index < -0.39 is 15.4 Å². The number of carbonyl (C=O) groups excluding carboxylic acids is 1. The van der Waals surface area contributed by atoms with Crippen LogP contribution in [0.4, 0.5) is 10.6 Å². The fourth-order valence-corrected chi connectivity index (χ4v) is 6.37. The zero-order chi connectivity index (χ0) is 28.1. The lowest BCUT2D eigenvalue weighted by Gasteiger charge is -2.42. The van der Waals surface area contributed by atoms with E-state index in [4.69, 9.17) is 4.74 Å². The molecular weight excluding hydrogens is 512 g/mol. The zero-order valence-corrected chi connectivity index (χ0v) is 24.5. The van der Waals surface area contributed by atoms with Crippen LogP contribution in [0.5, 0.6) is 0 Å². The summed E-state index contributed by atoms with van der Waals surface area (Å²) in [4.78, 5) is 25.8. The number of aryl methyl sites for hydroxylation is 1. The molecule has 0 radical (unpaired) electrons. The molecular formula is C30H38N4O4S. The standard InChI is InChI=1S/C30H38N4O4S/c1-19-15-21-9-7-8-10-23(21)25(16-19)22-11-12-24-26(17-22)31-28(39(6,36)37)32-27(24)34-14-13-33(18-20(34)2)29(35)38-30(3,4)5/h7-10,15-16,20,22H,11-14,17-18H2,1-6H3/t20-,22?/m0/s1. The number of amides is 1. The van der Waals surface area contributed by atoms with Gasteiger partial charge in [-0.05, 0) is 76.1 Å². The summed E-state index contributed by atoms with van der Waals surface area (Å²) in [7, 11) is -3.62. The normalized spacial score (nSPS) is 20.2. The van der Waals surface area contributed by atoms with E-state index in [2.05, 4.69) is 58.2 Å². The van der Waals surface area contributed by atoms with E-state index in [1.54, 1.807) is 4.90 Å². The van der Waals surface area contributed by atoms with Crippen molar-refractivity contribution in [1.82, 2.24) is 14.9 Å². The van der Waals surface area contributed by atoms with Crippen molar-refractivity contribution < 1.29 is 17.9 Å². The second-order valence-electron chi connectivity index (χ2n) is 12.0. The number of fused-ring (bicyclic) bond motifs is 2. The van der Waals surface area contributed by atoms with Crippen LogP contribution in [0.2, 0.25) is 0 Å². The Morgan fingerprint density at radius 2 is 1.85 bits per heavy atom. The smallest absolute Gasteiger partial charge is 0.410 e. The Labute approximate surface area is 231 Å². The van der Waals surface area contributed by atoms with E-state index in [1.165, 1.54) is 21.9 Å². The average Bonchev–Trinajstić information content (AvgIpc) is 2.85. The first-order chi connectivity index (χ1) is 18.3. The number of ether oxygens (including phenoxy) is 1. The van der Waals surface area contributed by atoms with Crippen molar-refractivity contribution in [2.45, 2.75) is 76.6 Å². The molecule has 2 aromatic carbocycles. The summed E-state index contributed by atoms with van der Waals surface area (Å²) >= 11 is 0. The van der Waals surface area contributed by atoms with Gasteiger partial charge >= 0.3 is 6.09 Å². The SMILES string of the molecule is Cc1cc(C2CCc3c(nc(S(C)(=O)=O)nc3N3CCN(C(=O)OC(C)(C)C)C[C@@H]3C)C2)c2ccccc2c1. The molecule has 2 atom stereocenters. The second kappa shape index (κ2) is 10.1. The molecule has 0 bridgehead atoms. The van der Waals surface area contributed by atoms with Gasteiger partial charge in [-0.15, -0.1) is 0 Å². The van der Waals surface area contributed by atoms with E-state index in [-0.39, 0.29) is 23.2 Å². The Morgan fingerprint density at radius 1 is 1.10 bits per heavy atom. The van der Waals surface area contributed by atoms with Crippen LogP contribution >= 0.6 is 0 Å². The van der Waals surface area contributed by atoms with Gasteiger partial charge in [-0.1, -0.05) is 42.0 Å². The van der Waals surface area contributed by atoms with Gasteiger partial charge in [-0.2, -0.15) is 0 Å². The molecule has 2 heterocycles. The average molecular weight is 551 g/mol. The molecule has 1 aromatic heterocycles. The van der Waals surface area contributed by atoms with Crippen molar-refractivity contribution in [3.05, 3.63) is 58.8 Å². The Balaban J connectivity index is 1.48. The van der Waals surface area contributed by atoms with Gasteiger partial charge in [0.25, 0.3) is 0 Å². The van der Waals surface area contributed by atoms with E-state index >= 15 is 0 Å². The van der Waals surface area contributed by atoms with Crippen molar-refractivity contribution in [3.8, 4) is 0 Å². The minimum Gasteiger partial charge on any atom is -0.444 e. The Kier molecular flexibility index (Phi) is 7.07. The Morgan fingerprint density at radius 3 is 2.54 bits per heavy atom. The highest BCUT2D eigenvalue weighted by molar-refractivity contribution is 7.90. The molecule has 8 nitrogen and oxygen atoms in total. The van der Waals surface area contributed by atoms with E-state index in [1.807, 2.05) is 27.7 Å². The summed E-state index contributed by atoms with van der Waals surface area (Å²) in [6, 6.07) is 12.8. The third kappa shape index (κ3) is 5.73.